The van der Waals surface area contributed by atoms with E-state index in [0.29, 0.717) is 37.6 Å². The van der Waals surface area contributed by atoms with Crippen LogP contribution in [0.3, 0.4) is 0 Å². The van der Waals surface area contributed by atoms with E-state index in [1.807, 2.05) is 31.2 Å². The van der Waals surface area contributed by atoms with Crippen LogP contribution in [0.2, 0.25) is 0 Å². The van der Waals surface area contributed by atoms with Crippen LogP contribution in [-0.2, 0) is 19.6 Å². The average molecular weight is 476 g/mol. The molecule has 9 heteroatoms. The Bertz CT molecular complexity index is 1080. The van der Waals surface area contributed by atoms with Gasteiger partial charge in [0.15, 0.2) is 11.5 Å². The number of nitrogens with zero attached hydrogens (tertiary/aromatic N) is 1. The number of piperidine rings is 1. The third-order valence-corrected chi connectivity index (χ3v) is 7.62. The third-order valence-electron chi connectivity index (χ3n) is 5.73. The molecule has 33 heavy (non-hydrogen) atoms. The Hall–Kier alpha value is -2.78. The van der Waals surface area contributed by atoms with Crippen LogP contribution >= 0.6 is 0 Å². The lowest BCUT2D eigenvalue weighted by Gasteiger charge is -2.30. The number of hydrogen-bond donors (Lipinski definition) is 0. The molecular weight excluding hydrogens is 446 g/mol. The number of hydrogen-bond acceptors (Lipinski definition) is 7. The molecule has 0 amide bonds. The van der Waals surface area contributed by atoms with Gasteiger partial charge in [0, 0.05) is 25.6 Å². The van der Waals surface area contributed by atoms with Crippen LogP contribution in [0, 0.1) is 12.8 Å². The molecule has 0 saturated carbocycles. The van der Waals surface area contributed by atoms with Crippen molar-refractivity contribution in [1.82, 2.24) is 4.31 Å². The Labute approximate surface area is 194 Å². The first-order chi connectivity index (χ1) is 15.9. The summed E-state index contributed by atoms with van der Waals surface area (Å²) in [6.07, 6.45) is 1.58. The molecule has 8 nitrogen and oxygen atoms in total. The zero-order valence-corrected chi connectivity index (χ0v) is 19.5. The molecule has 2 aromatic rings. The second kappa shape index (κ2) is 10.4. The number of carbonyl (C=O) groups excluding carboxylic acids is 1. The molecule has 0 aromatic heterocycles. The van der Waals surface area contributed by atoms with Crippen molar-refractivity contribution in [3.05, 3.63) is 48.0 Å². The topological polar surface area (TPSA) is 91.4 Å². The molecular formula is C24H29NO7S. The fraction of sp³-hybridized carbons (Fsp3) is 0.458. The molecule has 178 valence electrons. The van der Waals surface area contributed by atoms with Crippen molar-refractivity contribution in [2.45, 2.75) is 31.1 Å². The van der Waals surface area contributed by atoms with Crippen molar-refractivity contribution in [3.8, 4) is 17.2 Å². The average Bonchev–Trinajstić information content (AvgIpc) is 3.07. The summed E-state index contributed by atoms with van der Waals surface area (Å²) in [6, 6.07) is 12.4. The summed E-state index contributed by atoms with van der Waals surface area (Å²) in [7, 11) is -3.69. The van der Waals surface area contributed by atoms with E-state index in [2.05, 4.69) is 0 Å². The van der Waals surface area contributed by atoms with E-state index < -0.39 is 10.0 Å². The molecule has 1 saturated heterocycles. The molecule has 0 aliphatic carbocycles. The summed E-state index contributed by atoms with van der Waals surface area (Å²) in [5, 5.41) is 0. The second-order valence-corrected chi connectivity index (χ2v) is 10.1. The van der Waals surface area contributed by atoms with Gasteiger partial charge in [-0.15, -0.1) is 0 Å². The van der Waals surface area contributed by atoms with Gasteiger partial charge >= 0.3 is 5.97 Å². The van der Waals surface area contributed by atoms with Crippen LogP contribution in [0.1, 0.15) is 24.8 Å². The number of ether oxygens (including phenoxy) is 4. The smallest absolute Gasteiger partial charge is 0.309 e. The van der Waals surface area contributed by atoms with Crippen LogP contribution in [0.25, 0.3) is 0 Å². The summed E-state index contributed by atoms with van der Waals surface area (Å²) in [5.74, 6) is 1.10. The molecule has 0 N–H and O–H groups in total. The summed E-state index contributed by atoms with van der Waals surface area (Å²) >= 11 is 0. The van der Waals surface area contributed by atoms with Gasteiger partial charge in [0.25, 0.3) is 0 Å². The van der Waals surface area contributed by atoms with Crippen molar-refractivity contribution in [2.75, 3.05) is 39.5 Å². The van der Waals surface area contributed by atoms with E-state index >= 15 is 0 Å². The monoisotopic (exact) mass is 475 g/mol. The molecule has 2 aliphatic rings. The van der Waals surface area contributed by atoms with Gasteiger partial charge in [0.05, 0.1) is 24.0 Å². The van der Waals surface area contributed by atoms with Crippen LogP contribution < -0.4 is 14.2 Å². The first kappa shape index (κ1) is 23.4. The van der Waals surface area contributed by atoms with E-state index in [9.17, 15) is 13.2 Å². The molecule has 0 bridgehead atoms. The summed E-state index contributed by atoms with van der Waals surface area (Å²) in [4.78, 5) is 12.6. The summed E-state index contributed by atoms with van der Waals surface area (Å²) in [5.41, 5.74) is 1.10. The number of esters is 1. The van der Waals surface area contributed by atoms with Crippen molar-refractivity contribution in [1.29, 1.82) is 0 Å². The highest BCUT2D eigenvalue weighted by Gasteiger charge is 2.33. The van der Waals surface area contributed by atoms with Crippen LogP contribution in [0.5, 0.6) is 17.2 Å². The van der Waals surface area contributed by atoms with E-state index in [1.54, 1.807) is 6.07 Å². The molecule has 0 radical (unpaired) electrons. The largest absolute Gasteiger partial charge is 0.490 e. The molecule has 2 heterocycles. The molecule has 2 aromatic carbocycles. The maximum absolute atomic E-state index is 13.1. The van der Waals surface area contributed by atoms with Gasteiger partial charge in [0.2, 0.25) is 10.0 Å². The predicted molar refractivity (Wildman–Crippen MR) is 121 cm³/mol. The maximum Gasteiger partial charge on any atom is 0.309 e. The Morgan fingerprint density at radius 3 is 2.55 bits per heavy atom. The lowest BCUT2D eigenvalue weighted by molar-refractivity contribution is -0.150. The number of carbonyl (C=O) groups is 1. The standard InChI is InChI=1S/C24H29NO7S/c1-18-4-2-5-20(16-18)29-14-15-32-24(26)19-8-10-25(11-9-19)33(27,28)21-6-7-22-23(17-21)31-13-3-12-30-22/h2,4-7,16-17,19H,3,8-15H2,1H3. The van der Waals surface area contributed by atoms with Gasteiger partial charge in [-0.05, 0) is 49.6 Å². The highest BCUT2D eigenvalue weighted by molar-refractivity contribution is 7.89. The number of fused-ring (bicyclic) bond motifs is 1. The number of sulfonamides is 1. The predicted octanol–water partition coefficient (Wildman–Crippen LogP) is 3.18. The van der Waals surface area contributed by atoms with Gasteiger partial charge in [-0.25, -0.2) is 8.42 Å². The van der Waals surface area contributed by atoms with Crippen molar-refractivity contribution >= 4 is 16.0 Å². The van der Waals surface area contributed by atoms with Gasteiger partial charge in [-0.3, -0.25) is 4.79 Å². The molecule has 0 spiro atoms. The van der Waals surface area contributed by atoms with E-state index in [4.69, 9.17) is 18.9 Å². The molecule has 0 atom stereocenters. The summed E-state index contributed by atoms with van der Waals surface area (Å²) < 4.78 is 49.8. The maximum atomic E-state index is 13.1. The Kier molecular flexibility index (Phi) is 7.39. The van der Waals surface area contributed by atoms with Crippen LogP contribution in [-0.4, -0.2) is 58.2 Å². The molecule has 4 rings (SSSR count). The SMILES string of the molecule is Cc1cccc(OCCOC(=O)C2CCN(S(=O)(=O)c3ccc4c(c3)OCCCO4)CC2)c1. The molecule has 0 unspecified atom stereocenters. The van der Waals surface area contributed by atoms with Gasteiger partial charge in [-0.2, -0.15) is 4.31 Å². The zero-order chi connectivity index (χ0) is 23.3. The van der Waals surface area contributed by atoms with E-state index in [0.717, 1.165) is 17.7 Å². The highest BCUT2D eigenvalue weighted by Crippen LogP contribution is 2.33. The van der Waals surface area contributed by atoms with E-state index in [1.165, 1.54) is 16.4 Å². The second-order valence-electron chi connectivity index (χ2n) is 8.17. The lowest BCUT2D eigenvalue weighted by Crippen LogP contribution is -2.40. The Morgan fingerprint density at radius 1 is 1.03 bits per heavy atom. The van der Waals surface area contributed by atoms with Crippen LogP contribution in [0.4, 0.5) is 0 Å². The zero-order valence-electron chi connectivity index (χ0n) is 18.7. The highest BCUT2D eigenvalue weighted by atomic mass is 32.2. The minimum Gasteiger partial charge on any atom is -0.490 e. The lowest BCUT2D eigenvalue weighted by atomic mass is 9.98. The third kappa shape index (κ3) is 5.78. The normalized spacial score (nSPS) is 17.2. The quantitative estimate of drug-likeness (QED) is 0.449. The van der Waals surface area contributed by atoms with Gasteiger partial charge in [0.1, 0.15) is 19.0 Å². The Morgan fingerprint density at radius 2 is 1.79 bits per heavy atom. The van der Waals surface area contributed by atoms with Crippen molar-refractivity contribution < 1.29 is 32.2 Å². The number of rotatable bonds is 7. The molecule has 1 fully saturated rings. The first-order valence-electron chi connectivity index (χ1n) is 11.2. The number of benzene rings is 2. The molecule has 2 aliphatic heterocycles. The minimum absolute atomic E-state index is 0.155. The van der Waals surface area contributed by atoms with Gasteiger partial charge in [-0.1, -0.05) is 12.1 Å². The first-order valence-corrected chi connectivity index (χ1v) is 12.6. The van der Waals surface area contributed by atoms with Crippen LogP contribution in [0.15, 0.2) is 47.4 Å². The van der Waals surface area contributed by atoms with Gasteiger partial charge < -0.3 is 18.9 Å². The van der Waals surface area contributed by atoms with Crippen molar-refractivity contribution in [2.24, 2.45) is 5.92 Å². The minimum atomic E-state index is -3.69. The fourth-order valence-electron chi connectivity index (χ4n) is 3.91. The Balaban J connectivity index is 1.26. The number of aryl methyl sites for hydroxylation is 1. The summed E-state index contributed by atoms with van der Waals surface area (Å²) in [6.45, 7) is 3.96. The fourth-order valence-corrected chi connectivity index (χ4v) is 5.40. The van der Waals surface area contributed by atoms with E-state index in [-0.39, 0.29) is 43.1 Å². The van der Waals surface area contributed by atoms with Crippen molar-refractivity contribution in [3.63, 3.8) is 0 Å².